The summed E-state index contributed by atoms with van der Waals surface area (Å²) in [6.07, 6.45) is 1.43. The second-order valence-corrected chi connectivity index (χ2v) is 9.42. The molecule has 0 bridgehead atoms. The molecule has 0 aromatic rings. The Morgan fingerprint density at radius 1 is 0.789 bits per heavy atom. The Bertz CT molecular complexity index is 818. The molecule has 0 spiro atoms. The predicted octanol–water partition coefficient (Wildman–Crippen LogP) is -2.05. The largest absolute Gasteiger partial charge is 0.481 e. The highest BCUT2D eigenvalue weighted by Gasteiger charge is 2.31. The van der Waals surface area contributed by atoms with E-state index in [0.29, 0.717) is 25.8 Å². The van der Waals surface area contributed by atoms with Crippen molar-refractivity contribution in [1.82, 2.24) is 16.0 Å². The zero-order chi connectivity index (χ0) is 29.3. The Hall–Kier alpha value is -3.46. The predicted molar refractivity (Wildman–Crippen MR) is 141 cm³/mol. The summed E-state index contributed by atoms with van der Waals surface area (Å²) >= 11 is 0. The summed E-state index contributed by atoms with van der Waals surface area (Å²) in [6, 6.07) is -4.58. The number of aliphatic carboxylic acids is 2. The maximum atomic E-state index is 13.1. The lowest BCUT2D eigenvalue weighted by Gasteiger charge is -2.26. The monoisotopic (exact) mass is 544 g/mol. The molecule has 0 aromatic carbocycles. The standard InChI is InChI=1S/C23H44N8O7/c1-13(2)12-17(21(36)30-16(22(37)38)7-5-11-28-23(26)27)31-20(35)15(8-9-18(32)33)29-19(34)14(25)6-3-4-10-24/h13-17H,3-12,24-25H2,1-2H3,(H,29,34)(H,30,36)(H,31,35)(H,32,33)(H,37,38)(H4,26,27,28). The molecule has 0 aliphatic carbocycles. The highest BCUT2D eigenvalue weighted by atomic mass is 16.4. The third-order valence-electron chi connectivity index (χ3n) is 5.49. The number of carbonyl (C=O) groups excluding carboxylic acids is 3. The summed E-state index contributed by atoms with van der Waals surface area (Å²) in [4.78, 5) is 65.1. The molecule has 15 nitrogen and oxygen atoms in total. The van der Waals surface area contributed by atoms with Crippen LogP contribution in [0.15, 0.2) is 4.99 Å². The highest BCUT2D eigenvalue weighted by Crippen LogP contribution is 2.09. The van der Waals surface area contributed by atoms with Gasteiger partial charge < -0.3 is 49.1 Å². The number of hydrogen-bond donors (Lipinski definition) is 9. The minimum Gasteiger partial charge on any atom is -0.481 e. The topological polar surface area (TPSA) is 278 Å². The number of carboxylic acids is 2. The van der Waals surface area contributed by atoms with Crippen LogP contribution in [0.1, 0.15) is 65.2 Å². The number of unbranched alkanes of at least 4 members (excludes halogenated alkanes) is 1. The van der Waals surface area contributed by atoms with Gasteiger partial charge in [0.15, 0.2) is 5.96 Å². The van der Waals surface area contributed by atoms with Crippen molar-refractivity contribution in [2.45, 2.75) is 89.4 Å². The summed E-state index contributed by atoms with van der Waals surface area (Å²) in [5.74, 6) is -4.80. The van der Waals surface area contributed by atoms with Gasteiger partial charge >= 0.3 is 11.9 Å². The molecule has 0 rings (SSSR count). The van der Waals surface area contributed by atoms with Gasteiger partial charge in [-0.25, -0.2) is 4.79 Å². The number of nitrogens with one attached hydrogen (secondary N) is 3. The first kappa shape index (κ1) is 34.5. The van der Waals surface area contributed by atoms with Crippen LogP contribution in [0.25, 0.3) is 0 Å². The maximum Gasteiger partial charge on any atom is 0.326 e. The molecule has 4 unspecified atom stereocenters. The molecule has 218 valence electrons. The smallest absolute Gasteiger partial charge is 0.326 e. The van der Waals surface area contributed by atoms with Crippen LogP contribution >= 0.6 is 0 Å². The third-order valence-corrected chi connectivity index (χ3v) is 5.49. The lowest BCUT2D eigenvalue weighted by molar-refractivity contribution is -0.142. The molecule has 0 fully saturated rings. The van der Waals surface area contributed by atoms with Crippen molar-refractivity contribution in [2.24, 2.45) is 33.8 Å². The summed E-state index contributed by atoms with van der Waals surface area (Å²) < 4.78 is 0. The number of carbonyl (C=O) groups is 5. The van der Waals surface area contributed by atoms with E-state index in [9.17, 15) is 29.1 Å². The second-order valence-electron chi connectivity index (χ2n) is 9.42. The molecule has 0 aliphatic rings. The van der Waals surface area contributed by atoms with Crippen molar-refractivity contribution in [3.05, 3.63) is 0 Å². The fourth-order valence-corrected chi connectivity index (χ4v) is 3.46. The Balaban J connectivity index is 5.49. The first-order valence-electron chi connectivity index (χ1n) is 12.6. The van der Waals surface area contributed by atoms with Gasteiger partial charge in [0.2, 0.25) is 17.7 Å². The SMILES string of the molecule is CC(C)CC(NC(=O)C(CCC(=O)O)NC(=O)C(N)CCCCN)C(=O)NC(CCCN=C(N)N)C(=O)O. The van der Waals surface area contributed by atoms with E-state index in [1.165, 1.54) is 0 Å². The van der Waals surface area contributed by atoms with Gasteiger partial charge in [-0.15, -0.1) is 0 Å². The van der Waals surface area contributed by atoms with Crippen LogP contribution in [0.2, 0.25) is 0 Å². The molecule has 0 radical (unpaired) electrons. The van der Waals surface area contributed by atoms with Crippen molar-refractivity contribution in [3.8, 4) is 0 Å². The average molecular weight is 545 g/mol. The number of guanidine groups is 1. The first-order valence-corrected chi connectivity index (χ1v) is 12.6. The van der Waals surface area contributed by atoms with Crippen LogP contribution in [0.4, 0.5) is 0 Å². The van der Waals surface area contributed by atoms with Gasteiger partial charge in [0.05, 0.1) is 6.04 Å². The van der Waals surface area contributed by atoms with Crippen LogP contribution in [0, 0.1) is 5.92 Å². The summed E-state index contributed by atoms with van der Waals surface area (Å²) in [6.45, 7) is 4.23. The van der Waals surface area contributed by atoms with E-state index in [2.05, 4.69) is 20.9 Å². The van der Waals surface area contributed by atoms with Crippen LogP contribution in [0.5, 0.6) is 0 Å². The molecule has 15 heteroatoms. The molecule has 38 heavy (non-hydrogen) atoms. The van der Waals surface area contributed by atoms with Gasteiger partial charge in [0, 0.05) is 13.0 Å². The van der Waals surface area contributed by atoms with Crippen molar-refractivity contribution in [1.29, 1.82) is 0 Å². The van der Waals surface area contributed by atoms with Gasteiger partial charge in [-0.05, 0) is 51.0 Å². The van der Waals surface area contributed by atoms with Crippen LogP contribution < -0.4 is 38.9 Å². The van der Waals surface area contributed by atoms with Crippen molar-refractivity contribution in [2.75, 3.05) is 13.1 Å². The lowest BCUT2D eigenvalue weighted by atomic mass is 10.0. The molecule has 0 heterocycles. The molecule has 0 saturated heterocycles. The second kappa shape index (κ2) is 18.7. The van der Waals surface area contributed by atoms with Gasteiger partial charge in [-0.2, -0.15) is 0 Å². The van der Waals surface area contributed by atoms with Gasteiger partial charge in [0.1, 0.15) is 18.1 Å². The summed E-state index contributed by atoms with van der Waals surface area (Å²) in [7, 11) is 0. The molecule has 13 N–H and O–H groups in total. The Labute approximate surface area is 222 Å². The van der Waals surface area contributed by atoms with E-state index in [4.69, 9.17) is 28.0 Å². The first-order chi connectivity index (χ1) is 17.8. The zero-order valence-electron chi connectivity index (χ0n) is 22.2. The zero-order valence-corrected chi connectivity index (χ0v) is 22.2. The quantitative estimate of drug-likeness (QED) is 0.0456. The molecule has 3 amide bonds. The van der Waals surface area contributed by atoms with Gasteiger partial charge in [-0.1, -0.05) is 20.3 Å². The maximum absolute atomic E-state index is 13.1. The number of nitrogens with two attached hydrogens (primary N) is 4. The molecule has 0 saturated carbocycles. The number of hydrogen-bond acceptors (Lipinski definition) is 8. The van der Waals surface area contributed by atoms with E-state index in [1.807, 2.05) is 0 Å². The molecular formula is C23H44N8O7. The van der Waals surface area contributed by atoms with Gasteiger partial charge in [-0.3, -0.25) is 24.2 Å². The fraction of sp³-hybridized carbons (Fsp3) is 0.739. The van der Waals surface area contributed by atoms with E-state index in [0.717, 1.165) is 0 Å². The Morgan fingerprint density at radius 3 is 1.89 bits per heavy atom. The van der Waals surface area contributed by atoms with Crippen molar-refractivity contribution < 1.29 is 34.2 Å². The molecule has 0 aromatic heterocycles. The normalized spacial score (nSPS) is 14.0. The van der Waals surface area contributed by atoms with Gasteiger partial charge in [0.25, 0.3) is 0 Å². The van der Waals surface area contributed by atoms with E-state index < -0.39 is 60.2 Å². The number of carboxylic acid groups (broad SMARTS) is 2. The number of nitrogens with zero attached hydrogens (tertiary/aromatic N) is 1. The minimum absolute atomic E-state index is 0.0412. The van der Waals surface area contributed by atoms with Crippen molar-refractivity contribution in [3.63, 3.8) is 0 Å². The molecule has 4 atom stereocenters. The van der Waals surface area contributed by atoms with E-state index in [1.54, 1.807) is 13.8 Å². The Morgan fingerprint density at radius 2 is 1.37 bits per heavy atom. The minimum atomic E-state index is -1.27. The van der Waals surface area contributed by atoms with Crippen LogP contribution in [-0.4, -0.2) is 83.1 Å². The van der Waals surface area contributed by atoms with Crippen LogP contribution in [0.3, 0.4) is 0 Å². The number of aliphatic imine (C=N–C) groups is 1. The van der Waals surface area contributed by atoms with E-state index >= 15 is 0 Å². The highest BCUT2D eigenvalue weighted by molar-refractivity contribution is 5.94. The third kappa shape index (κ3) is 15.6. The Kier molecular flexibility index (Phi) is 17.0. The van der Waals surface area contributed by atoms with Crippen LogP contribution in [-0.2, 0) is 24.0 Å². The fourth-order valence-electron chi connectivity index (χ4n) is 3.46. The summed E-state index contributed by atoms with van der Waals surface area (Å²) in [5.41, 5.74) is 21.8. The van der Waals surface area contributed by atoms with Crippen molar-refractivity contribution >= 4 is 35.6 Å². The average Bonchev–Trinajstić information content (AvgIpc) is 2.82. The molecular weight excluding hydrogens is 500 g/mol. The number of rotatable bonds is 20. The van der Waals surface area contributed by atoms with E-state index in [-0.39, 0.29) is 44.1 Å². The number of amides is 3. The summed E-state index contributed by atoms with van der Waals surface area (Å²) in [5, 5.41) is 26.0. The molecule has 0 aliphatic heterocycles. The lowest BCUT2D eigenvalue weighted by Crippen LogP contribution is -2.57.